The highest BCUT2D eigenvalue weighted by Gasteiger charge is 2.24. The Morgan fingerprint density at radius 2 is 1.81 bits per heavy atom. The standard InChI is InChI=1S/C25H17ClN2O3/c1-30-20-10-7-16(8-11-20)24(29)25-23(21-13-18(26)9-12-22(21)31-25)17-14-27-28(15-17)19-5-3-2-4-6-19/h2-15H,1H3. The summed E-state index contributed by atoms with van der Waals surface area (Å²) in [5, 5.41) is 5.81. The summed E-state index contributed by atoms with van der Waals surface area (Å²) < 4.78 is 13.0. The summed E-state index contributed by atoms with van der Waals surface area (Å²) >= 11 is 6.26. The minimum absolute atomic E-state index is 0.225. The van der Waals surface area contributed by atoms with Crippen LogP contribution in [0.25, 0.3) is 27.8 Å². The summed E-state index contributed by atoms with van der Waals surface area (Å²) in [7, 11) is 1.59. The van der Waals surface area contributed by atoms with Gasteiger partial charge in [0.05, 0.1) is 19.0 Å². The summed E-state index contributed by atoms with van der Waals surface area (Å²) in [5.41, 5.74) is 3.44. The third-order valence-corrected chi connectivity index (χ3v) is 5.34. The second-order valence-electron chi connectivity index (χ2n) is 7.01. The van der Waals surface area contributed by atoms with Crippen molar-refractivity contribution in [1.82, 2.24) is 9.78 Å². The number of aromatic nitrogens is 2. The van der Waals surface area contributed by atoms with Gasteiger partial charge in [0.2, 0.25) is 5.78 Å². The van der Waals surface area contributed by atoms with E-state index in [1.165, 1.54) is 0 Å². The molecule has 0 saturated heterocycles. The Balaban J connectivity index is 1.67. The normalized spacial score (nSPS) is 11.0. The lowest BCUT2D eigenvalue weighted by Gasteiger charge is -2.03. The highest BCUT2D eigenvalue weighted by molar-refractivity contribution is 6.31. The van der Waals surface area contributed by atoms with Crippen LogP contribution in [0.15, 0.2) is 89.6 Å². The molecule has 6 heteroatoms. The van der Waals surface area contributed by atoms with Crippen LogP contribution in [0.4, 0.5) is 0 Å². The topological polar surface area (TPSA) is 57.3 Å². The lowest BCUT2D eigenvalue weighted by molar-refractivity contribution is 0.101. The van der Waals surface area contributed by atoms with Crippen LogP contribution in [0.1, 0.15) is 16.1 Å². The molecule has 0 aliphatic carbocycles. The van der Waals surface area contributed by atoms with E-state index < -0.39 is 0 Å². The monoisotopic (exact) mass is 428 g/mol. The van der Waals surface area contributed by atoms with Gasteiger partial charge in [-0.15, -0.1) is 0 Å². The van der Waals surface area contributed by atoms with E-state index >= 15 is 0 Å². The Morgan fingerprint density at radius 1 is 1.03 bits per heavy atom. The maximum Gasteiger partial charge on any atom is 0.228 e. The molecule has 0 radical (unpaired) electrons. The fourth-order valence-electron chi connectivity index (χ4n) is 3.56. The van der Waals surface area contributed by atoms with Crippen molar-refractivity contribution >= 4 is 28.4 Å². The molecule has 3 aromatic carbocycles. The van der Waals surface area contributed by atoms with E-state index in [-0.39, 0.29) is 11.5 Å². The van der Waals surface area contributed by atoms with Crippen LogP contribution in [-0.4, -0.2) is 22.7 Å². The Morgan fingerprint density at radius 3 is 2.55 bits per heavy atom. The number of fused-ring (bicyclic) bond motifs is 1. The van der Waals surface area contributed by atoms with E-state index in [1.54, 1.807) is 60.5 Å². The van der Waals surface area contributed by atoms with Crippen molar-refractivity contribution in [2.45, 2.75) is 0 Å². The first kappa shape index (κ1) is 19.2. The molecular formula is C25H17ClN2O3. The smallest absolute Gasteiger partial charge is 0.228 e. The molecule has 152 valence electrons. The fourth-order valence-corrected chi connectivity index (χ4v) is 3.74. The van der Waals surface area contributed by atoms with Crippen LogP contribution >= 0.6 is 11.6 Å². The number of benzene rings is 3. The van der Waals surface area contributed by atoms with E-state index in [0.717, 1.165) is 16.6 Å². The zero-order chi connectivity index (χ0) is 21.4. The molecule has 0 unspecified atom stereocenters. The molecule has 0 aliphatic heterocycles. The number of carbonyl (C=O) groups is 1. The number of furan rings is 1. The second kappa shape index (κ2) is 7.78. The maximum atomic E-state index is 13.4. The number of methoxy groups -OCH3 is 1. The van der Waals surface area contributed by atoms with E-state index in [2.05, 4.69) is 5.10 Å². The Kier molecular flexibility index (Phi) is 4.81. The molecule has 31 heavy (non-hydrogen) atoms. The van der Waals surface area contributed by atoms with Crippen molar-refractivity contribution in [3.05, 3.63) is 102 Å². The molecule has 0 amide bonds. The molecule has 0 saturated carbocycles. The summed E-state index contributed by atoms with van der Waals surface area (Å²) in [6.07, 6.45) is 3.61. The molecule has 5 aromatic rings. The first-order chi connectivity index (χ1) is 15.1. The van der Waals surface area contributed by atoms with Gasteiger partial charge < -0.3 is 9.15 Å². The number of hydrogen-bond donors (Lipinski definition) is 0. The number of ether oxygens (including phenoxy) is 1. The number of ketones is 1. The van der Waals surface area contributed by atoms with Gasteiger partial charge in [0, 0.05) is 33.3 Å². The van der Waals surface area contributed by atoms with Gasteiger partial charge in [-0.05, 0) is 54.6 Å². The van der Waals surface area contributed by atoms with Gasteiger partial charge in [0.25, 0.3) is 0 Å². The van der Waals surface area contributed by atoms with Gasteiger partial charge >= 0.3 is 0 Å². The highest BCUT2D eigenvalue weighted by atomic mass is 35.5. The highest BCUT2D eigenvalue weighted by Crippen LogP contribution is 2.37. The van der Waals surface area contributed by atoms with Crippen LogP contribution in [-0.2, 0) is 0 Å². The number of para-hydroxylation sites is 1. The minimum Gasteiger partial charge on any atom is -0.497 e. The van der Waals surface area contributed by atoms with Crippen LogP contribution in [0.2, 0.25) is 5.02 Å². The van der Waals surface area contributed by atoms with Crippen LogP contribution in [0, 0.1) is 0 Å². The van der Waals surface area contributed by atoms with Crippen LogP contribution < -0.4 is 4.74 Å². The van der Waals surface area contributed by atoms with Crippen LogP contribution in [0.3, 0.4) is 0 Å². The van der Waals surface area contributed by atoms with Gasteiger partial charge in [-0.2, -0.15) is 5.10 Å². The SMILES string of the molecule is COc1ccc(C(=O)c2oc3ccc(Cl)cc3c2-c2cnn(-c3ccccc3)c2)cc1. The molecule has 0 bridgehead atoms. The average molecular weight is 429 g/mol. The third-order valence-electron chi connectivity index (χ3n) is 5.10. The number of halogens is 1. The lowest BCUT2D eigenvalue weighted by atomic mass is 10.00. The van der Waals surface area contributed by atoms with Gasteiger partial charge in [-0.25, -0.2) is 4.68 Å². The first-order valence-electron chi connectivity index (χ1n) is 9.65. The zero-order valence-corrected chi connectivity index (χ0v) is 17.3. The summed E-state index contributed by atoms with van der Waals surface area (Å²) in [6, 6.07) is 22.0. The molecule has 0 atom stereocenters. The Bertz CT molecular complexity index is 1390. The van der Waals surface area contributed by atoms with E-state index in [1.807, 2.05) is 36.5 Å². The molecule has 0 fully saturated rings. The minimum atomic E-state index is -0.225. The van der Waals surface area contributed by atoms with Crippen molar-refractivity contribution in [2.24, 2.45) is 0 Å². The largest absolute Gasteiger partial charge is 0.497 e. The van der Waals surface area contributed by atoms with Crippen molar-refractivity contribution < 1.29 is 13.9 Å². The average Bonchev–Trinajstić information content (AvgIpc) is 3.44. The van der Waals surface area contributed by atoms with Crippen molar-refractivity contribution in [2.75, 3.05) is 7.11 Å². The fraction of sp³-hybridized carbons (Fsp3) is 0.0400. The molecule has 2 heterocycles. The number of carbonyl (C=O) groups excluding carboxylic acids is 1. The van der Waals surface area contributed by atoms with Gasteiger partial charge in [-0.1, -0.05) is 29.8 Å². The molecule has 5 nitrogen and oxygen atoms in total. The molecular weight excluding hydrogens is 412 g/mol. The lowest BCUT2D eigenvalue weighted by Crippen LogP contribution is -2.01. The number of hydrogen-bond acceptors (Lipinski definition) is 4. The van der Waals surface area contributed by atoms with Crippen molar-refractivity contribution in [3.63, 3.8) is 0 Å². The maximum absolute atomic E-state index is 13.4. The summed E-state index contributed by atoms with van der Waals surface area (Å²) in [4.78, 5) is 13.4. The van der Waals surface area contributed by atoms with Crippen LogP contribution in [0.5, 0.6) is 5.75 Å². The number of rotatable bonds is 5. The zero-order valence-electron chi connectivity index (χ0n) is 16.6. The number of nitrogens with zero attached hydrogens (tertiary/aromatic N) is 2. The predicted octanol–water partition coefficient (Wildman–Crippen LogP) is 6.18. The van der Waals surface area contributed by atoms with E-state index in [9.17, 15) is 4.79 Å². The summed E-state index contributed by atoms with van der Waals surface area (Å²) in [5.74, 6) is 0.699. The second-order valence-corrected chi connectivity index (χ2v) is 7.45. The van der Waals surface area contributed by atoms with Crippen molar-refractivity contribution in [1.29, 1.82) is 0 Å². The van der Waals surface area contributed by atoms with Crippen molar-refractivity contribution in [3.8, 4) is 22.6 Å². The van der Waals surface area contributed by atoms with E-state index in [0.29, 0.717) is 27.5 Å². The van der Waals surface area contributed by atoms with Gasteiger partial charge in [-0.3, -0.25) is 4.79 Å². The third kappa shape index (κ3) is 3.49. The summed E-state index contributed by atoms with van der Waals surface area (Å²) in [6.45, 7) is 0. The predicted molar refractivity (Wildman–Crippen MR) is 120 cm³/mol. The molecule has 2 aromatic heterocycles. The quantitative estimate of drug-likeness (QED) is 0.314. The van der Waals surface area contributed by atoms with Gasteiger partial charge in [0.15, 0.2) is 5.76 Å². The molecule has 0 aliphatic rings. The molecule has 0 N–H and O–H groups in total. The first-order valence-corrected chi connectivity index (χ1v) is 10.0. The molecule has 0 spiro atoms. The van der Waals surface area contributed by atoms with E-state index in [4.69, 9.17) is 20.8 Å². The Labute approximate surface area is 183 Å². The molecule has 5 rings (SSSR count). The Hall–Kier alpha value is -3.83. The van der Waals surface area contributed by atoms with Gasteiger partial charge in [0.1, 0.15) is 11.3 Å².